The summed E-state index contributed by atoms with van der Waals surface area (Å²) in [5.41, 5.74) is 1.42. The standard InChI is InChI=1S/C13H20N2/c1-11-9-15(12(2)8-14-11)10-13-6-4-3-5-7-13/h3-7,11-12,14H,8-10H2,1-2H3/t11?,12-/m0/s1. The molecule has 0 aromatic heterocycles. The highest BCUT2D eigenvalue weighted by molar-refractivity contribution is 5.14. The van der Waals surface area contributed by atoms with Crippen LogP contribution in [0.5, 0.6) is 0 Å². The third kappa shape index (κ3) is 2.80. The fourth-order valence-corrected chi connectivity index (χ4v) is 2.14. The summed E-state index contributed by atoms with van der Waals surface area (Å²) < 4.78 is 0. The Morgan fingerprint density at radius 1 is 1.27 bits per heavy atom. The molecule has 82 valence electrons. The Labute approximate surface area is 92.3 Å². The third-order valence-corrected chi connectivity index (χ3v) is 3.12. The largest absolute Gasteiger partial charge is 0.311 e. The van der Waals surface area contributed by atoms with Crippen molar-refractivity contribution >= 4 is 0 Å². The van der Waals surface area contributed by atoms with Crippen LogP contribution in [0.15, 0.2) is 30.3 Å². The molecule has 1 aromatic carbocycles. The second-order valence-electron chi connectivity index (χ2n) is 4.57. The van der Waals surface area contributed by atoms with Crippen LogP contribution < -0.4 is 5.32 Å². The molecule has 1 aliphatic heterocycles. The van der Waals surface area contributed by atoms with E-state index >= 15 is 0 Å². The monoisotopic (exact) mass is 204 g/mol. The van der Waals surface area contributed by atoms with Gasteiger partial charge in [-0.3, -0.25) is 4.90 Å². The minimum absolute atomic E-state index is 0.616. The molecule has 1 heterocycles. The van der Waals surface area contributed by atoms with Gasteiger partial charge in [-0.15, -0.1) is 0 Å². The molecule has 15 heavy (non-hydrogen) atoms. The van der Waals surface area contributed by atoms with Gasteiger partial charge in [0.1, 0.15) is 0 Å². The molecule has 2 rings (SSSR count). The van der Waals surface area contributed by atoms with Gasteiger partial charge in [0.05, 0.1) is 0 Å². The topological polar surface area (TPSA) is 15.3 Å². The summed E-state index contributed by atoms with van der Waals surface area (Å²) >= 11 is 0. The van der Waals surface area contributed by atoms with Gasteiger partial charge in [-0.2, -0.15) is 0 Å². The molecule has 0 spiro atoms. The van der Waals surface area contributed by atoms with Crippen molar-refractivity contribution in [2.45, 2.75) is 32.5 Å². The zero-order valence-corrected chi connectivity index (χ0v) is 9.61. The second-order valence-corrected chi connectivity index (χ2v) is 4.57. The Balaban J connectivity index is 1.98. The molecule has 1 unspecified atom stereocenters. The highest BCUT2D eigenvalue weighted by Gasteiger charge is 2.21. The van der Waals surface area contributed by atoms with Crippen molar-refractivity contribution < 1.29 is 0 Å². The van der Waals surface area contributed by atoms with E-state index in [1.54, 1.807) is 0 Å². The number of piperazine rings is 1. The Morgan fingerprint density at radius 2 is 2.00 bits per heavy atom. The second kappa shape index (κ2) is 4.77. The molecule has 0 aliphatic carbocycles. The van der Waals surface area contributed by atoms with E-state index in [0.29, 0.717) is 12.1 Å². The Kier molecular flexibility index (Phi) is 3.39. The SMILES string of the molecule is CC1CN(Cc2ccccc2)[C@@H](C)CN1. The van der Waals surface area contributed by atoms with Crippen LogP contribution >= 0.6 is 0 Å². The number of benzene rings is 1. The summed E-state index contributed by atoms with van der Waals surface area (Å²) in [6.45, 7) is 7.88. The lowest BCUT2D eigenvalue weighted by Crippen LogP contribution is -2.53. The molecule has 2 atom stereocenters. The van der Waals surface area contributed by atoms with Gasteiger partial charge >= 0.3 is 0 Å². The lowest BCUT2D eigenvalue weighted by atomic mass is 10.1. The van der Waals surface area contributed by atoms with E-state index in [-0.39, 0.29) is 0 Å². The molecule has 1 N–H and O–H groups in total. The van der Waals surface area contributed by atoms with E-state index in [9.17, 15) is 0 Å². The van der Waals surface area contributed by atoms with Crippen LogP contribution in [-0.2, 0) is 6.54 Å². The first-order chi connectivity index (χ1) is 7.25. The lowest BCUT2D eigenvalue weighted by Gasteiger charge is -2.37. The van der Waals surface area contributed by atoms with E-state index in [0.717, 1.165) is 19.6 Å². The van der Waals surface area contributed by atoms with E-state index in [2.05, 4.69) is 54.4 Å². The molecule has 0 amide bonds. The van der Waals surface area contributed by atoms with Crippen molar-refractivity contribution in [1.82, 2.24) is 10.2 Å². The molecule has 1 aromatic rings. The molecular formula is C13H20N2. The predicted molar refractivity (Wildman–Crippen MR) is 63.8 cm³/mol. The molecule has 0 bridgehead atoms. The molecule has 2 heteroatoms. The van der Waals surface area contributed by atoms with Crippen molar-refractivity contribution in [2.24, 2.45) is 0 Å². The van der Waals surface area contributed by atoms with Crippen molar-refractivity contribution in [3.8, 4) is 0 Å². The summed E-state index contributed by atoms with van der Waals surface area (Å²) in [7, 11) is 0. The van der Waals surface area contributed by atoms with Crippen LogP contribution in [0.25, 0.3) is 0 Å². The van der Waals surface area contributed by atoms with E-state index < -0.39 is 0 Å². The fourth-order valence-electron chi connectivity index (χ4n) is 2.14. The first-order valence-corrected chi connectivity index (χ1v) is 5.77. The normalized spacial score (nSPS) is 27.9. The van der Waals surface area contributed by atoms with Crippen LogP contribution in [0.4, 0.5) is 0 Å². The first-order valence-electron chi connectivity index (χ1n) is 5.77. The molecule has 1 aliphatic rings. The summed E-state index contributed by atoms with van der Waals surface area (Å²) in [4.78, 5) is 2.55. The Morgan fingerprint density at radius 3 is 2.73 bits per heavy atom. The van der Waals surface area contributed by atoms with Crippen molar-refractivity contribution in [3.63, 3.8) is 0 Å². The Hall–Kier alpha value is -0.860. The number of hydrogen-bond acceptors (Lipinski definition) is 2. The third-order valence-electron chi connectivity index (χ3n) is 3.12. The molecule has 1 fully saturated rings. The van der Waals surface area contributed by atoms with Crippen molar-refractivity contribution in [2.75, 3.05) is 13.1 Å². The zero-order valence-electron chi connectivity index (χ0n) is 9.61. The quantitative estimate of drug-likeness (QED) is 0.791. The molecule has 1 saturated heterocycles. The average molecular weight is 204 g/mol. The molecule has 2 nitrogen and oxygen atoms in total. The van der Waals surface area contributed by atoms with Gasteiger partial charge < -0.3 is 5.32 Å². The number of hydrogen-bond donors (Lipinski definition) is 1. The number of rotatable bonds is 2. The summed E-state index contributed by atoms with van der Waals surface area (Å²) in [6.07, 6.45) is 0. The van der Waals surface area contributed by atoms with Gasteiger partial charge in [-0.25, -0.2) is 0 Å². The first kappa shape index (κ1) is 10.7. The maximum absolute atomic E-state index is 3.51. The minimum atomic E-state index is 0.616. The van der Waals surface area contributed by atoms with Gasteiger partial charge in [-0.1, -0.05) is 30.3 Å². The van der Waals surface area contributed by atoms with Gasteiger partial charge in [0.2, 0.25) is 0 Å². The zero-order chi connectivity index (χ0) is 10.7. The van der Waals surface area contributed by atoms with Crippen LogP contribution in [0.2, 0.25) is 0 Å². The number of nitrogens with one attached hydrogen (secondary N) is 1. The van der Waals surface area contributed by atoms with Crippen LogP contribution in [-0.4, -0.2) is 30.1 Å². The fraction of sp³-hybridized carbons (Fsp3) is 0.538. The smallest absolute Gasteiger partial charge is 0.0237 e. The van der Waals surface area contributed by atoms with Gasteiger partial charge in [0, 0.05) is 31.7 Å². The molecular weight excluding hydrogens is 184 g/mol. The highest BCUT2D eigenvalue weighted by atomic mass is 15.2. The average Bonchev–Trinajstić information content (AvgIpc) is 2.25. The summed E-state index contributed by atoms with van der Waals surface area (Å²) in [6, 6.07) is 12.0. The molecule has 0 saturated carbocycles. The van der Waals surface area contributed by atoms with Gasteiger partial charge in [-0.05, 0) is 19.4 Å². The predicted octanol–water partition coefficient (Wildman–Crippen LogP) is 1.87. The molecule has 0 radical (unpaired) electrons. The summed E-state index contributed by atoms with van der Waals surface area (Å²) in [5.74, 6) is 0. The van der Waals surface area contributed by atoms with Crippen LogP contribution in [0, 0.1) is 0 Å². The van der Waals surface area contributed by atoms with E-state index in [1.807, 2.05) is 0 Å². The van der Waals surface area contributed by atoms with E-state index in [4.69, 9.17) is 0 Å². The van der Waals surface area contributed by atoms with Gasteiger partial charge in [0.15, 0.2) is 0 Å². The number of nitrogens with zero attached hydrogens (tertiary/aromatic N) is 1. The Bertz CT molecular complexity index is 297. The summed E-state index contributed by atoms with van der Waals surface area (Å²) in [5, 5.41) is 3.51. The van der Waals surface area contributed by atoms with Gasteiger partial charge in [0.25, 0.3) is 0 Å². The maximum Gasteiger partial charge on any atom is 0.0237 e. The van der Waals surface area contributed by atoms with E-state index in [1.165, 1.54) is 5.56 Å². The maximum atomic E-state index is 3.51. The minimum Gasteiger partial charge on any atom is -0.311 e. The lowest BCUT2D eigenvalue weighted by molar-refractivity contribution is 0.139. The van der Waals surface area contributed by atoms with Crippen molar-refractivity contribution in [1.29, 1.82) is 0 Å². The van der Waals surface area contributed by atoms with Crippen LogP contribution in [0.1, 0.15) is 19.4 Å². The van der Waals surface area contributed by atoms with Crippen LogP contribution in [0.3, 0.4) is 0 Å². The van der Waals surface area contributed by atoms with Crippen molar-refractivity contribution in [3.05, 3.63) is 35.9 Å². The highest BCUT2D eigenvalue weighted by Crippen LogP contribution is 2.11.